The minimum atomic E-state index is 0.773. The zero-order valence-electron chi connectivity index (χ0n) is 11.1. The quantitative estimate of drug-likeness (QED) is 0.883. The van der Waals surface area contributed by atoms with Gasteiger partial charge in [0.25, 0.3) is 0 Å². The zero-order chi connectivity index (χ0) is 13.1. The molecule has 4 heteroatoms. The van der Waals surface area contributed by atoms with Crippen molar-refractivity contribution >= 4 is 17.3 Å². The summed E-state index contributed by atoms with van der Waals surface area (Å²) in [5, 5.41) is 6.39. The minimum absolute atomic E-state index is 0.773. The number of aromatic nitrogens is 2. The summed E-state index contributed by atoms with van der Waals surface area (Å²) in [6.45, 7) is 0. The van der Waals surface area contributed by atoms with Crippen LogP contribution in [0.5, 0.6) is 0 Å². The van der Waals surface area contributed by atoms with Crippen LogP contribution in [0.15, 0.2) is 30.6 Å². The van der Waals surface area contributed by atoms with Crippen molar-refractivity contribution in [2.24, 2.45) is 0 Å². The third-order valence-electron chi connectivity index (χ3n) is 3.55. The smallest absolute Gasteiger partial charge is 0.151 e. The second-order valence-electron chi connectivity index (χ2n) is 4.81. The molecular formula is C15H18N4. The Balaban J connectivity index is 1.90. The second kappa shape index (κ2) is 5.26. The summed E-state index contributed by atoms with van der Waals surface area (Å²) < 4.78 is 0. The fourth-order valence-corrected chi connectivity index (χ4v) is 2.58. The molecule has 3 rings (SSSR count). The number of anilines is 3. The number of nitrogens with zero attached hydrogens (tertiary/aromatic N) is 2. The van der Waals surface area contributed by atoms with E-state index in [0.717, 1.165) is 18.1 Å². The van der Waals surface area contributed by atoms with Crippen molar-refractivity contribution in [3.8, 4) is 0 Å². The van der Waals surface area contributed by atoms with Crippen LogP contribution in [-0.4, -0.2) is 17.0 Å². The monoisotopic (exact) mass is 254 g/mol. The van der Waals surface area contributed by atoms with Crippen LogP contribution in [0.3, 0.4) is 0 Å². The van der Waals surface area contributed by atoms with Crippen LogP contribution in [0.1, 0.15) is 24.0 Å². The molecule has 0 atom stereocenters. The van der Waals surface area contributed by atoms with Crippen molar-refractivity contribution < 1.29 is 0 Å². The van der Waals surface area contributed by atoms with Gasteiger partial charge in [0.15, 0.2) is 5.82 Å². The molecule has 98 valence electrons. The third-order valence-corrected chi connectivity index (χ3v) is 3.55. The average molecular weight is 254 g/mol. The topological polar surface area (TPSA) is 49.8 Å². The first kappa shape index (κ1) is 12.0. The lowest BCUT2D eigenvalue weighted by atomic mass is 9.90. The maximum atomic E-state index is 4.45. The van der Waals surface area contributed by atoms with E-state index in [1.54, 1.807) is 12.4 Å². The summed E-state index contributed by atoms with van der Waals surface area (Å²) in [5.41, 5.74) is 4.07. The highest BCUT2D eigenvalue weighted by Gasteiger charge is 2.13. The SMILES string of the molecule is CNc1cncc(Nc2cccc3c2CCCC3)n1. The molecule has 1 aromatic carbocycles. The lowest BCUT2D eigenvalue weighted by Gasteiger charge is -2.19. The van der Waals surface area contributed by atoms with Crippen LogP contribution in [0, 0.1) is 0 Å². The van der Waals surface area contributed by atoms with E-state index in [0.29, 0.717) is 0 Å². The van der Waals surface area contributed by atoms with Crippen molar-refractivity contribution in [2.75, 3.05) is 17.7 Å². The highest BCUT2D eigenvalue weighted by Crippen LogP contribution is 2.29. The molecule has 4 nitrogen and oxygen atoms in total. The summed E-state index contributed by atoms with van der Waals surface area (Å²) in [7, 11) is 1.85. The van der Waals surface area contributed by atoms with E-state index in [-0.39, 0.29) is 0 Å². The molecule has 0 amide bonds. The summed E-state index contributed by atoms with van der Waals surface area (Å²) in [4.78, 5) is 8.63. The second-order valence-corrected chi connectivity index (χ2v) is 4.81. The van der Waals surface area contributed by atoms with Gasteiger partial charge in [0.1, 0.15) is 5.82 Å². The summed E-state index contributed by atoms with van der Waals surface area (Å²) in [6, 6.07) is 6.47. The molecule has 1 aliphatic rings. The van der Waals surface area contributed by atoms with Gasteiger partial charge in [0.2, 0.25) is 0 Å². The van der Waals surface area contributed by atoms with Gasteiger partial charge >= 0.3 is 0 Å². The Labute approximate surface area is 113 Å². The molecule has 0 radical (unpaired) electrons. The standard InChI is InChI=1S/C15H18N4/c1-16-14-9-17-10-15(19-14)18-13-8-4-6-11-5-2-3-7-12(11)13/h4,6,8-10H,2-3,5,7H2,1H3,(H2,16,18,19). The number of benzene rings is 1. The minimum Gasteiger partial charge on any atom is -0.372 e. The van der Waals surface area contributed by atoms with E-state index in [2.05, 4.69) is 38.8 Å². The summed E-state index contributed by atoms with van der Waals surface area (Å²) in [6.07, 6.45) is 8.37. The van der Waals surface area contributed by atoms with Crippen LogP contribution in [0.2, 0.25) is 0 Å². The number of rotatable bonds is 3. The molecule has 2 N–H and O–H groups in total. The first-order valence-corrected chi connectivity index (χ1v) is 6.74. The first-order valence-electron chi connectivity index (χ1n) is 6.74. The molecule has 0 fully saturated rings. The molecule has 2 aromatic rings. The van der Waals surface area contributed by atoms with Crippen LogP contribution >= 0.6 is 0 Å². The van der Waals surface area contributed by atoms with Gasteiger partial charge in [0.05, 0.1) is 12.4 Å². The Hall–Kier alpha value is -2.10. The zero-order valence-corrected chi connectivity index (χ0v) is 11.1. The van der Waals surface area contributed by atoms with Gasteiger partial charge in [-0.2, -0.15) is 0 Å². The Morgan fingerprint density at radius 1 is 1.05 bits per heavy atom. The maximum Gasteiger partial charge on any atom is 0.151 e. The molecule has 19 heavy (non-hydrogen) atoms. The predicted molar refractivity (Wildman–Crippen MR) is 77.9 cm³/mol. The van der Waals surface area contributed by atoms with Gasteiger partial charge in [-0.25, -0.2) is 4.98 Å². The summed E-state index contributed by atoms with van der Waals surface area (Å²) >= 11 is 0. The van der Waals surface area contributed by atoms with Crippen LogP contribution < -0.4 is 10.6 Å². The van der Waals surface area contributed by atoms with Gasteiger partial charge in [0, 0.05) is 12.7 Å². The predicted octanol–water partition coefficient (Wildman–Crippen LogP) is 3.14. The van der Waals surface area contributed by atoms with E-state index in [4.69, 9.17) is 0 Å². The van der Waals surface area contributed by atoms with Crippen molar-refractivity contribution in [3.63, 3.8) is 0 Å². The normalized spacial score (nSPS) is 13.7. The molecule has 1 aromatic heterocycles. The molecule has 0 aliphatic heterocycles. The van der Waals surface area contributed by atoms with Crippen molar-refractivity contribution in [1.29, 1.82) is 0 Å². The van der Waals surface area contributed by atoms with E-state index in [1.165, 1.54) is 36.1 Å². The molecule has 1 aliphatic carbocycles. The van der Waals surface area contributed by atoms with Crippen LogP contribution in [-0.2, 0) is 12.8 Å². The Morgan fingerprint density at radius 3 is 2.79 bits per heavy atom. The van der Waals surface area contributed by atoms with E-state index < -0.39 is 0 Å². The Kier molecular flexibility index (Phi) is 3.31. The van der Waals surface area contributed by atoms with Crippen molar-refractivity contribution in [3.05, 3.63) is 41.7 Å². The number of fused-ring (bicyclic) bond motifs is 1. The van der Waals surface area contributed by atoms with Crippen molar-refractivity contribution in [2.45, 2.75) is 25.7 Å². The van der Waals surface area contributed by atoms with Crippen LogP contribution in [0.4, 0.5) is 17.3 Å². The van der Waals surface area contributed by atoms with Gasteiger partial charge in [-0.3, -0.25) is 4.98 Å². The van der Waals surface area contributed by atoms with E-state index in [9.17, 15) is 0 Å². The first-order chi connectivity index (χ1) is 9.36. The van der Waals surface area contributed by atoms with E-state index >= 15 is 0 Å². The number of hydrogen-bond donors (Lipinski definition) is 2. The highest BCUT2D eigenvalue weighted by molar-refractivity contribution is 5.63. The van der Waals surface area contributed by atoms with Gasteiger partial charge in [-0.05, 0) is 42.9 Å². The molecule has 0 spiro atoms. The number of nitrogens with one attached hydrogen (secondary N) is 2. The van der Waals surface area contributed by atoms with E-state index in [1.807, 2.05) is 7.05 Å². The largest absolute Gasteiger partial charge is 0.372 e. The summed E-state index contributed by atoms with van der Waals surface area (Å²) in [5.74, 6) is 1.56. The molecule has 0 unspecified atom stereocenters. The van der Waals surface area contributed by atoms with Gasteiger partial charge in [-0.15, -0.1) is 0 Å². The number of aryl methyl sites for hydroxylation is 1. The fourth-order valence-electron chi connectivity index (χ4n) is 2.58. The average Bonchev–Trinajstić information content (AvgIpc) is 2.48. The Bertz CT molecular complexity index is 580. The maximum absolute atomic E-state index is 4.45. The fraction of sp³-hybridized carbons (Fsp3) is 0.333. The lowest BCUT2D eigenvalue weighted by Crippen LogP contribution is -2.07. The highest BCUT2D eigenvalue weighted by atomic mass is 15.1. The molecular weight excluding hydrogens is 236 g/mol. The molecule has 0 saturated carbocycles. The molecule has 0 saturated heterocycles. The molecule has 1 heterocycles. The third kappa shape index (κ3) is 2.52. The van der Waals surface area contributed by atoms with Gasteiger partial charge in [-0.1, -0.05) is 12.1 Å². The van der Waals surface area contributed by atoms with Crippen LogP contribution in [0.25, 0.3) is 0 Å². The molecule has 0 bridgehead atoms. The van der Waals surface area contributed by atoms with Gasteiger partial charge < -0.3 is 10.6 Å². The lowest BCUT2D eigenvalue weighted by molar-refractivity contribution is 0.687. The van der Waals surface area contributed by atoms with Crippen molar-refractivity contribution in [1.82, 2.24) is 9.97 Å². The number of hydrogen-bond acceptors (Lipinski definition) is 4. The Morgan fingerprint density at radius 2 is 1.89 bits per heavy atom.